The summed E-state index contributed by atoms with van der Waals surface area (Å²) < 4.78 is 11.8. The van der Waals surface area contributed by atoms with Gasteiger partial charge < -0.3 is 9.47 Å². The highest BCUT2D eigenvalue weighted by Gasteiger charge is 2.09. The lowest BCUT2D eigenvalue weighted by atomic mass is 9.94. The molecule has 0 saturated carbocycles. The summed E-state index contributed by atoms with van der Waals surface area (Å²) in [5, 5.41) is 0. The average molecular weight is 501 g/mol. The van der Waals surface area contributed by atoms with Crippen molar-refractivity contribution in [3.63, 3.8) is 0 Å². The van der Waals surface area contributed by atoms with E-state index < -0.39 is 0 Å². The van der Waals surface area contributed by atoms with Crippen LogP contribution in [0.2, 0.25) is 0 Å². The van der Waals surface area contributed by atoms with E-state index in [9.17, 15) is 0 Å². The van der Waals surface area contributed by atoms with Gasteiger partial charge in [0.05, 0.1) is 12.7 Å². The molecular weight excluding hydrogens is 452 g/mol. The number of unbranched alkanes of at least 4 members (excludes halogenated alkanes) is 10. The minimum atomic E-state index is 0.118. The quantitative estimate of drug-likeness (QED) is 0.162. The van der Waals surface area contributed by atoms with Gasteiger partial charge in [0, 0.05) is 6.61 Å². The van der Waals surface area contributed by atoms with E-state index in [0.29, 0.717) is 0 Å². The van der Waals surface area contributed by atoms with Crippen LogP contribution >= 0.6 is 0 Å². The normalized spacial score (nSPS) is 12.0. The second-order valence-corrected chi connectivity index (χ2v) is 10.2. The predicted molar refractivity (Wildman–Crippen MR) is 159 cm³/mol. The van der Waals surface area contributed by atoms with Gasteiger partial charge in [-0.05, 0) is 60.2 Å². The van der Waals surface area contributed by atoms with Gasteiger partial charge in [-0.2, -0.15) is 0 Å². The molecule has 0 aliphatic carbocycles. The molecule has 3 rings (SSSR count). The first-order valence-corrected chi connectivity index (χ1v) is 14.8. The summed E-state index contributed by atoms with van der Waals surface area (Å²) in [6.07, 6.45) is 15.0. The van der Waals surface area contributed by atoms with E-state index in [1.54, 1.807) is 0 Å². The zero-order valence-electron chi connectivity index (χ0n) is 23.5. The smallest absolute Gasteiger partial charge is 0.119 e. The lowest BCUT2D eigenvalue weighted by Gasteiger charge is -2.14. The molecule has 0 saturated heterocycles. The van der Waals surface area contributed by atoms with E-state index in [1.165, 1.54) is 92.0 Å². The van der Waals surface area contributed by atoms with Crippen molar-refractivity contribution >= 4 is 0 Å². The average Bonchev–Trinajstić information content (AvgIpc) is 2.94. The van der Waals surface area contributed by atoms with Crippen molar-refractivity contribution in [1.29, 1.82) is 0 Å². The molecule has 0 aliphatic heterocycles. The van der Waals surface area contributed by atoms with Crippen molar-refractivity contribution in [3.8, 4) is 28.0 Å². The van der Waals surface area contributed by atoms with Crippen molar-refractivity contribution in [1.82, 2.24) is 0 Å². The molecule has 0 aliphatic rings. The maximum atomic E-state index is 6.04. The summed E-state index contributed by atoms with van der Waals surface area (Å²) >= 11 is 0. The SMILES string of the molecule is CCCCCCCCCCCCCOc1ccc(-c2ccccc2-c2ccc(C(C)OCC)cc2)cc1. The summed E-state index contributed by atoms with van der Waals surface area (Å²) in [6.45, 7) is 7.96. The molecule has 0 amide bonds. The van der Waals surface area contributed by atoms with Gasteiger partial charge >= 0.3 is 0 Å². The minimum absolute atomic E-state index is 0.118. The van der Waals surface area contributed by atoms with Gasteiger partial charge in [-0.3, -0.25) is 0 Å². The number of hydrogen-bond donors (Lipinski definition) is 0. The zero-order chi connectivity index (χ0) is 26.1. The molecule has 0 bridgehead atoms. The fourth-order valence-corrected chi connectivity index (χ4v) is 4.95. The third kappa shape index (κ3) is 10.0. The number of hydrogen-bond acceptors (Lipinski definition) is 2. The Hall–Kier alpha value is -2.58. The summed E-state index contributed by atoms with van der Waals surface area (Å²) in [7, 11) is 0. The number of benzene rings is 3. The van der Waals surface area contributed by atoms with Gasteiger partial charge in [0.2, 0.25) is 0 Å². The molecule has 2 heteroatoms. The van der Waals surface area contributed by atoms with E-state index in [-0.39, 0.29) is 6.10 Å². The van der Waals surface area contributed by atoms with Gasteiger partial charge in [-0.15, -0.1) is 0 Å². The van der Waals surface area contributed by atoms with Gasteiger partial charge in [0.25, 0.3) is 0 Å². The highest BCUT2D eigenvalue weighted by molar-refractivity contribution is 5.83. The van der Waals surface area contributed by atoms with Crippen LogP contribution in [0.5, 0.6) is 5.75 Å². The molecular formula is C35H48O2. The molecule has 0 radical (unpaired) electrons. The lowest BCUT2D eigenvalue weighted by Crippen LogP contribution is -1.99. The van der Waals surface area contributed by atoms with Gasteiger partial charge in [0.15, 0.2) is 0 Å². The van der Waals surface area contributed by atoms with E-state index in [2.05, 4.69) is 86.6 Å². The van der Waals surface area contributed by atoms with Crippen molar-refractivity contribution in [2.24, 2.45) is 0 Å². The number of ether oxygens (including phenoxy) is 2. The molecule has 0 aromatic heterocycles. The van der Waals surface area contributed by atoms with Crippen molar-refractivity contribution < 1.29 is 9.47 Å². The van der Waals surface area contributed by atoms with Crippen molar-refractivity contribution in [2.45, 2.75) is 97.5 Å². The molecule has 3 aromatic rings. The van der Waals surface area contributed by atoms with Crippen LogP contribution in [-0.2, 0) is 4.74 Å². The Labute approximate surface area is 226 Å². The third-order valence-electron chi connectivity index (χ3n) is 7.22. The fraction of sp³-hybridized carbons (Fsp3) is 0.486. The van der Waals surface area contributed by atoms with Crippen LogP contribution < -0.4 is 4.74 Å². The first-order valence-electron chi connectivity index (χ1n) is 14.8. The molecule has 37 heavy (non-hydrogen) atoms. The molecule has 0 heterocycles. The maximum absolute atomic E-state index is 6.04. The third-order valence-corrected chi connectivity index (χ3v) is 7.22. The molecule has 2 nitrogen and oxygen atoms in total. The van der Waals surface area contributed by atoms with E-state index in [4.69, 9.17) is 9.47 Å². The van der Waals surface area contributed by atoms with Gasteiger partial charge in [-0.25, -0.2) is 0 Å². The van der Waals surface area contributed by atoms with Crippen LogP contribution in [0.15, 0.2) is 72.8 Å². The summed E-state index contributed by atoms with van der Waals surface area (Å²) in [5.41, 5.74) is 6.13. The van der Waals surface area contributed by atoms with E-state index >= 15 is 0 Å². The topological polar surface area (TPSA) is 18.5 Å². The fourth-order valence-electron chi connectivity index (χ4n) is 4.95. The molecule has 3 aromatic carbocycles. The molecule has 0 fully saturated rings. The minimum Gasteiger partial charge on any atom is -0.494 e. The number of rotatable bonds is 18. The zero-order valence-corrected chi connectivity index (χ0v) is 23.5. The van der Waals surface area contributed by atoms with Crippen LogP contribution in [0.3, 0.4) is 0 Å². The summed E-state index contributed by atoms with van der Waals surface area (Å²) in [6, 6.07) is 26.0. The highest BCUT2D eigenvalue weighted by Crippen LogP contribution is 2.33. The first-order chi connectivity index (χ1) is 18.2. The van der Waals surface area contributed by atoms with Crippen LogP contribution in [0.1, 0.15) is 103 Å². The Morgan fingerprint density at radius 3 is 1.57 bits per heavy atom. The molecule has 0 spiro atoms. The van der Waals surface area contributed by atoms with E-state index in [1.807, 2.05) is 6.92 Å². The van der Waals surface area contributed by atoms with Crippen LogP contribution in [0.25, 0.3) is 22.3 Å². The molecule has 0 N–H and O–H groups in total. The second kappa shape index (κ2) is 17.0. The lowest BCUT2D eigenvalue weighted by molar-refractivity contribution is 0.0764. The first kappa shape index (κ1) is 29.0. The van der Waals surface area contributed by atoms with Crippen LogP contribution in [-0.4, -0.2) is 13.2 Å². The Bertz CT molecular complexity index is 991. The predicted octanol–water partition coefficient (Wildman–Crippen LogP) is 10.8. The molecule has 1 atom stereocenters. The molecule has 200 valence electrons. The monoisotopic (exact) mass is 500 g/mol. The maximum Gasteiger partial charge on any atom is 0.119 e. The van der Waals surface area contributed by atoms with Crippen LogP contribution in [0, 0.1) is 0 Å². The standard InChI is InChI=1S/C35H48O2/c1-4-6-7-8-9-10-11-12-13-14-17-28-37-33-26-24-32(25-27-33)35-19-16-15-18-34(35)31-22-20-30(21-23-31)29(3)36-5-2/h15-16,18-27,29H,4-14,17,28H2,1-3H3. The Kier molecular flexibility index (Phi) is 13.3. The Morgan fingerprint density at radius 2 is 1.05 bits per heavy atom. The van der Waals surface area contributed by atoms with Crippen molar-refractivity contribution in [3.05, 3.63) is 78.4 Å². The second-order valence-electron chi connectivity index (χ2n) is 10.2. The summed E-state index contributed by atoms with van der Waals surface area (Å²) in [4.78, 5) is 0. The Morgan fingerprint density at radius 1 is 0.568 bits per heavy atom. The van der Waals surface area contributed by atoms with Gasteiger partial charge in [0.1, 0.15) is 5.75 Å². The Balaban J connectivity index is 1.43. The van der Waals surface area contributed by atoms with Gasteiger partial charge in [-0.1, -0.05) is 132 Å². The molecule has 1 unspecified atom stereocenters. The van der Waals surface area contributed by atoms with Crippen LogP contribution in [0.4, 0.5) is 0 Å². The summed E-state index contributed by atoms with van der Waals surface area (Å²) in [5.74, 6) is 0.961. The van der Waals surface area contributed by atoms with Crippen molar-refractivity contribution in [2.75, 3.05) is 13.2 Å². The largest absolute Gasteiger partial charge is 0.494 e. The highest BCUT2D eigenvalue weighted by atomic mass is 16.5. The van der Waals surface area contributed by atoms with E-state index in [0.717, 1.165) is 25.4 Å².